The number of nitrogens with zero attached hydrogens (tertiary/aromatic N) is 3. The van der Waals surface area contributed by atoms with E-state index in [1.54, 1.807) is 6.21 Å². The third kappa shape index (κ3) is 3.83. The number of hydrogen-bond acceptors (Lipinski definition) is 4. The van der Waals surface area contributed by atoms with Gasteiger partial charge >= 0.3 is 0 Å². The first-order chi connectivity index (χ1) is 11.0. The third-order valence-corrected chi connectivity index (χ3v) is 3.77. The fraction of sp³-hybridized carbons (Fsp3) is 0.562. The number of rotatable bonds is 5. The van der Waals surface area contributed by atoms with Crippen molar-refractivity contribution in [3.05, 3.63) is 29.1 Å². The van der Waals surface area contributed by atoms with Crippen molar-refractivity contribution in [2.75, 3.05) is 13.1 Å². The lowest BCUT2D eigenvalue weighted by molar-refractivity contribution is 0.0713. The van der Waals surface area contributed by atoms with Crippen LogP contribution < -0.4 is 0 Å². The van der Waals surface area contributed by atoms with E-state index in [2.05, 4.69) is 23.8 Å². The average molecular weight is 325 g/mol. The Labute approximate surface area is 134 Å². The molecule has 0 fully saturated rings. The van der Waals surface area contributed by atoms with E-state index in [0.29, 0.717) is 25.4 Å². The molecule has 2 rings (SSSR count). The first-order valence-corrected chi connectivity index (χ1v) is 7.70. The van der Waals surface area contributed by atoms with Crippen LogP contribution in [0.25, 0.3) is 0 Å². The molecule has 126 valence electrons. The van der Waals surface area contributed by atoms with Gasteiger partial charge in [-0.25, -0.2) is 13.8 Å². The van der Waals surface area contributed by atoms with Gasteiger partial charge in [0.2, 0.25) is 5.76 Å². The second-order valence-electron chi connectivity index (χ2n) is 5.69. The summed E-state index contributed by atoms with van der Waals surface area (Å²) in [6.07, 6.45) is 1.31. The van der Waals surface area contributed by atoms with Gasteiger partial charge in [-0.3, -0.25) is 9.79 Å². The van der Waals surface area contributed by atoms with E-state index in [0.717, 1.165) is 18.5 Å². The molecule has 7 heteroatoms. The summed E-state index contributed by atoms with van der Waals surface area (Å²) >= 11 is 0. The average Bonchev–Trinajstić information content (AvgIpc) is 3.01. The Morgan fingerprint density at radius 2 is 2.26 bits per heavy atom. The fourth-order valence-corrected chi connectivity index (χ4v) is 2.60. The van der Waals surface area contributed by atoms with Gasteiger partial charge in [-0.2, -0.15) is 0 Å². The molecule has 0 aliphatic carbocycles. The topological polar surface area (TPSA) is 58.7 Å². The van der Waals surface area contributed by atoms with Gasteiger partial charge in [-0.15, -0.1) is 0 Å². The van der Waals surface area contributed by atoms with E-state index >= 15 is 0 Å². The number of oxazole rings is 1. The summed E-state index contributed by atoms with van der Waals surface area (Å²) in [7, 11) is 0. The van der Waals surface area contributed by atoms with Crippen molar-refractivity contribution in [3.8, 4) is 0 Å². The number of aromatic nitrogens is 1. The first-order valence-electron chi connectivity index (χ1n) is 7.70. The van der Waals surface area contributed by atoms with Crippen LogP contribution in [0, 0.1) is 5.92 Å². The minimum atomic E-state index is -2.84. The van der Waals surface area contributed by atoms with Crippen LogP contribution in [0.2, 0.25) is 0 Å². The minimum Gasteiger partial charge on any atom is -0.438 e. The molecular weight excluding hydrogens is 304 g/mol. The van der Waals surface area contributed by atoms with E-state index < -0.39 is 18.0 Å². The Bertz CT molecular complexity index is 621. The maximum Gasteiger partial charge on any atom is 0.292 e. The van der Waals surface area contributed by atoms with Gasteiger partial charge in [0, 0.05) is 12.8 Å². The van der Waals surface area contributed by atoms with Crippen molar-refractivity contribution >= 4 is 12.1 Å². The molecule has 0 saturated carbocycles. The Kier molecular flexibility index (Phi) is 5.63. The highest BCUT2D eigenvalue weighted by atomic mass is 19.3. The highest BCUT2D eigenvalue weighted by Crippen LogP contribution is 2.28. The molecule has 0 radical (unpaired) electrons. The van der Waals surface area contributed by atoms with Gasteiger partial charge in [0.15, 0.2) is 12.1 Å². The van der Waals surface area contributed by atoms with Crippen LogP contribution in [0.15, 0.2) is 27.1 Å². The number of hydrogen-bond donors (Lipinski definition) is 0. The Morgan fingerprint density at radius 3 is 2.87 bits per heavy atom. The van der Waals surface area contributed by atoms with Crippen LogP contribution in [0.3, 0.4) is 0 Å². The highest BCUT2D eigenvalue weighted by Gasteiger charge is 2.30. The van der Waals surface area contributed by atoms with Crippen molar-refractivity contribution in [2.45, 2.75) is 40.0 Å². The second-order valence-corrected chi connectivity index (χ2v) is 5.69. The fourth-order valence-electron chi connectivity index (χ4n) is 2.60. The number of carbonyl (C=O) groups is 1. The molecule has 0 unspecified atom stereocenters. The molecule has 1 aliphatic heterocycles. The lowest BCUT2D eigenvalue weighted by Gasteiger charge is -2.30. The Morgan fingerprint density at radius 1 is 1.52 bits per heavy atom. The molecule has 0 saturated heterocycles. The van der Waals surface area contributed by atoms with Gasteiger partial charge in [-0.1, -0.05) is 20.8 Å². The van der Waals surface area contributed by atoms with Gasteiger partial charge in [0.05, 0.1) is 12.2 Å². The summed E-state index contributed by atoms with van der Waals surface area (Å²) in [5.41, 5.74) is 1.43. The number of alkyl halides is 2. The molecule has 2 heterocycles. The summed E-state index contributed by atoms with van der Waals surface area (Å²) in [6, 6.07) is 0. The largest absolute Gasteiger partial charge is 0.438 e. The molecule has 1 amide bonds. The molecule has 5 nitrogen and oxygen atoms in total. The van der Waals surface area contributed by atoms with Crippen molar-refractivity contribution in [2.24, 2.45) is 10.9 Å². The normalized spacial score (nSPS) is 16.2. The van der Waals surface area contributed by atoms with E-state index in [9.17, 15) is 13.6 Å². The maximum atomic E-state index is 12.9. The summed E-state index contributed by atoms with van der Waals surface area (Å²) in [6.45, 7) is 6.90. The lowest BCUT2D eigenvalue weighted by Crippen LogP contribution is -2.37. The molecule has 1 aromatic rings. The third-order valence-electron chi connectivity index (χ3n) is 3.77. The van der Waals surface area contributed by atoms with Crippen LogP contribution in [-0.4, -0.2) is 35.1 Å². The van der Waals surface area contributed by atoms with E-state index in [1.165, 1.54) is 10.5 Å². The van der Waals surface area contributed by atoms with Crippen molar-refractivity contribution in [1.82, 2.24) is 9.88 Å². The monoisotopic (exact) mass is 325 g/mol. The number of halogens is 2. The van der Waals surface area contributed by atoms with Crippen molar-refractivity contribution in [1.29, 1.82) is 0 Å². The number of carbonyl (C=O) groups excluding carboxylic acids is 1. The van der Waals surface area contributed by atoms with Crippen LogP contribution >= 0.6 is 0 Å². The first kappa shape index (κ1) is 17.3. The Hall–Kier alpha value is -2.05. The van der Waals surface area contributed by atoms with E-state index in [4.69, 9.17) is 4.42 Å². The molecule has 0 bridgehead atoms. The van der Waals surface area contributed by atoms with Crippen molar-refractivity contribution < 1.29 is 18.0 Å². The maximum absolute atomic E-state index is 12.9. The molecular formula is C16H21F2N3O2. The lowest BCUT2D eigenvalue weighted by atomic mass is 9.94. The molecule has 0 N–H and O–H groups in total. The number of amides is 1. The minimum absolute atomic E-state index is 0.298. The van der Waals surface area contributed by atoms with Gasteiger partial charge in [-0.05, 0) is 24.3 Å². The molecule has 1 aromatic heterocycles. The van der Waals surface area contributed by atoms with Gasteiger partial charge in [0.25, 0.3) is 12.3 Å². The second kappa shape index (κ2) is 7.48. The van der Waals surface area contributed by atoms with Crippen LogP contribution in [0.1, 0.15) is 56.3 Å². The van der Waals surface area contributed by atoms with Crippen LogP contribution in [0.5, 0.6) is 0 Å². The number of aliphatic imine (C=N–C) groups is 1. The van der Waals surface area contributed by atoms with E-state index in [1.807, 2.05) is 6.92 Å². The standard InChI is InChI=1S/C16H21F2N3O2/c1-4-6-19-12-8-21(7-5-11(12)10(2)3)16(22)14-13(15(17)18)20-9-23-14/h6,9-10,15H,4-5,7-8H2,1-3H3. The molecule has 0 spiro atoms. The predicted molar refractivity (Wildman–Crippen MR) is 82.6 cm³/mol. The quantitative estimate of drug-likeness (QED) is 0.773. The van der Waals surface area contributed by atoms with E-state index in [-0.39, 0.29) is 5.76 Å². The zero-order valence-electron chi connectivity index (χ0n) is 13.6. The molecule has 1 aliphatic rings. The molecule has 0 atom stereocenters. The highest BCUT2D eigenvalue weighted by molar-refractivity contribution is 5.92. The summed E-state index contributed by atoms with van der Waals surface area (Å²) in [4.78, 5) is 21.8. The zero-order chi connectivity index (χ0) is 17.0. The zero-order valence-corrected chi connectivity index (χ0v) is 13.6. The molecule has 23 heavy (non-hydrogen) atoms. The van der Waals surface area contributed by atoms with Crippen LogP contribution in [0.4, 0.5) is 8.78 Å². The van der Waals surface area contributed by atoms with Crippen LogP contribution in [-0.2, 0) is 0 Å². The summed E-state index contributed by atoms with van der Waals surface area (Å²) in [5, 5.41) is 0. The predicted octanol–water partition coefficient (Wildman–Crippen LogP) is 3.85. The SMILES string of the molecule is CCC=NC1=C(C(C)C)CCN(C(=O)c2ocnc2C(F)F)C1. The van der Waals surface area contributed by atoms with Gasteiger partial charge < -0.3 is 9.32 Å². The van der Waals surface area contributed by atoms with Crippen molar-refractivity contribution in [3.63, 3.8) is 0 Å². The molecule has 0 aromatic carbocycles. The summed E-state index contributed by atoms with van der Waals surface area (Å²) < 4.78 is 30.6. The smallest absolute Gasteiger partial charge is 0.292 e. The summed E-state index contributed by atoms with van der Waals surface area (Å²) in [5.74, 6) is -0.616. The Balaban J connectivity index is 2.24. The van der Waals surface area contributed by atoms with Gasteiger partial charge in [0.1, 0.15) is 0 Å².